The Kier molecular flexibility index (Phi) is 11.5. The summed E-state index contributed by atoms with van der Waals surface area (Å²) in [4.78, 5) is 39.5. The second-order valence-electron chi connectivity index (χ2n) is 9.72. The van der Waals surface area contributed by atoms with E-state index in [-0.39, 0.29) is 24.7 Å². The van der Waals surface area contributed by atoms with Crippen LogP contribution in [0.3, 0.4) is 0 Å². The first-order chi connectivity index (χ1) is 19.3. The van der Waals surface area contributed by atoms with Gasteiger partial charge in [0.05, 0.1) is 12.6 Å². The Balaban J connectivity index is 1.73. The Morgan fingerprint density at radius 1 is 0.775 bits per heavy atom. The Morgan fingerprint density at radius 3 is 1.98 bits per heavy atom. The van der Waals surface area contributed by atoms with Gasteiger partial charge in [0.25, 0.3) is 0 Å². The van der Waals surface area contributed by atoms with E-state index in [1.807, 2.05) is 44.2 Å². The van der Waals surface area contributed by atoms with E-state index >= 15 is 0 Å². The van der Waals surface area contributed by atoms with E-state index < -0.39 is 36.0 Å². The predicted molar refractivity (Wildman–Crippen MR) is 152 cm³/mol. The normalized spacial score (nSPS) is 13.8. The summed E-state index contributed by atoms with van der Waals surface area (Å²) in [7, 11) is 0. The number of hydrogen-bond donors (Lipinski definition) is 5. The first kappa shape index (κ1) is 30.2. The van der Waals surface area contributed by atoms with Crippen LogP contribution in [0.5, 0.6) is 11.5 Å². The SMILES string of the molecule is CCC(C)C(NC(=O)C(Cc1ccccc1)NC(=O)Oc1ccccc1)C(=O)NC(CO)Cc1ccc(O)cc1. The average Bonchev–Trinajstić information content (AvgIpc) is 2.96. The quantitative estimate of drug-likeness (QED) is 0.223. The molecule has 9 heteroatoms. The average molecular weight is 548 g/mol. The Hall–Kier alpha value is -4.37. The van der Waals surface area contributed by atoms with E-state index in [2.05, 4.69) is 16.0 Å². The molecule has 3 amide bonds. The maximum atomic E-state index is 13.5. The van der Waals surface area contributed by atoms with E-state index in [1.54, 1.807) is 42.5 Å². The molecule has 3 aromatic rings. The molecule has 5 N–H and O–H groups in total. The zero-order valence-corrected chi connectivity index (χ0v) is 22.7. The Bertz CT molecular complexity index is 1220. The summed E-state index contributed by atoms with van der Waals surface area (Å²) in [6.07, 6.45) is 0.340. The Morgan fingerprint density at radius 2 is 1.38 bits per heavy atom. The van der Waals surface area contributed by atoms with Gasteiger partial charge in [0, 0.05) is 6.42 Å². The van der Waals surface area contributed by atoms with Gasteiger partial charge in [-0.15, -0.1) is 0 Å². The topological polar surface area (TPSA) is 137 Å². The van der Waals surface area contributed by atoms with Crippen molar-refractivity contribution in [3.63, 3.8) is 0 Å². The number of phenols is 1. The fourth-order valence-corrected chi connectivity index (χ4v) is 4.15. The third kappa shape index (κ3) is 9.43. The lowest BCUT2D eigenvalue weighted by molar-refractivity contribution is -0.131. The molecule has 0 aliphatic carbocycles. The van der Waals surface area contributed by atoms with Crippen LogP contribution < -0.4 is 20.7 Å². The van der Waals surface area contributed by atoms with Gasteiger partial charge in [-0.2, -0.15) is 0 Å². The molecule has 3 rings (SSSR count). The second-order valence-corrected chi connectivity index (χ2v) is 9.72. The van der Waals surface area contributed by atoms with Crippen LogP contribution in [-0.4, -0.2) is 52.9 Å². The highest BCUT2D eigenvalue weighted by Crippen LogP contribution is 2.14. The largest absolute Gasteiger partial charge is 0.508 e. The molecule has 0 spiro atoms. The highest BCUT2D eigenvalue weighted by molar-refractivity contribution is 5.92. The summed E-state index contributed by atoms with van der Waals surface area (Å²) in [5.41, 5.74) is 1.65. The Labute approximate surface area is 234 Å². The molecular formula is C31H37N3O6. The van der Waals surface area contributed by atoms with Crippen molar-refractivity contribution in [2.45, 2.75) is 51.2 Å². The van der Waals surface area contributed by atoms with Gasteiger partial charge in [0.15, 0.2) is 0 Å². The van der Waals surface area contributed by atoms with Gasteiger partial charge in [-0.25, -0.2) is 4.79 Å². The monoisotopic (exact) mass is 547 g/mol. The number of hydrogen-bond acceptors (Lipinski definition) is 6. The van der Waals surface area contributed by atoms with Crippen LogP contribution >= 0.6 is 0 Å². The molecular weight excluding hydrogens is 510 g/mol. The predicted octanol–water partition coefficient (Wildman–Crippen LogP) is 3.34. The smallest absolute Gasteiger partial charge is 0.413 e. The van der Waals surface area contributed by atoms with Crippen LogP contribution in [0.25, 0.3) is 0 Å². The number of phenolic OH excluding ortho intramolecular Hbond substituents is 1. The van der Waals surface area contributed by atoms with Crippen molar-refractivity contribution in [1.29, 1.82) is 0 Å². The zero-order valence-electron chi connectivity index (χ0n) is 22.7. The molecule has 212 valence electrons. The highest BCUT2D eigenvalue weighted by Gasteiger charge is 2.31. The molecule has 40 heavy (non-hydrogen) atoms. The number of benzene rings is 3. The maximum Gasteiger partial charge on any atom is 0.413 e. The highest BCUT2D eigenvalue weighted by atomic mass is 16.6. The van der Waals surface area contributed by atoms with Crippen LogP contribution in [0.1, 0.15) is 31.4 Å². The minimum atomic E-state index is -1.01. The first-order valence-electron chi connectivity index (χ1n) is 13.4. The summed E-state index contributed by atoms with van der Waals surface area (Å²) in [6.45, 7) is 3.45. The third-order valence-electron chi connectivity index (χ3n) is 6.62. The number of rotatable bonds is 13. The molecule has 3 aromatic carbocycles. The van der Waals surface area contributed by atoms with Gasteiger partial charge in [0.1, 0.15) is 23.6 Å². The van der Waals surface area contributed by atoms with Crippen molar-refractivity contribution >= 4 is 17.9 Å². The lowest BCUT2D eigenvalue weighted by atomic mass is 9.96. The van der Waals surface area contributed by atoms with Gasteiger partial charge >= 0.3 is 6.09 Å². The molecule has 4 atom stereocenters. The summed E-state index contributed by atoms with van der Waals surface area (Å²) in [5.74, 6) is -0.747. The first-order valence-corrected chi connectivity index (χ1v) is 13.4. The van der Waals surface area contributed by atoms with Crippen LogP contribution in [0.4, 0.5) is 4.79 Å². The summed E-state index contributed by atoms with van der Waals surface area (Å²) < 4.78 is 5.33. The minimum Gasteiger partial charge on any atom is -0.508 e. The van der Waals surface area contributed by atoms with E-state index in [0.717, 1.165) is 11.1 Å². The molecule has 0 bridgehead atoms. The van der Waals surface area contributed by atoms with E-state index in [9.17, 15) is 24.6 Å². The number of carbonyl (C=O) groups is 3. The van der Waals surface area contributed by atoms with Gasteiger partial charge in [-0.1, -0.05) is 80.9 Å². The maximum absolute atomic E-state index is 13.5. The number of aliphatic hydroxyl groups is 1. The molecule has 0 radical (unpaired) electrons. The molecule has 0 aliphatic rings. The molecule has 0 fully saturated rings. The fourth-order valence-electron chi connectivity index (χ4n) is 4.15. The number of aliphatic hydroxyl groups excluding tert-OH is 1. The lowest BCUT2D eigenvalue weighted by Crippen LogP contribution is -2.58. The lowest BCUT2D eigenvalue weighted by Gasteiger charge is -2.28. The van der Waals surface area contributed by atoms with Gasteiger partial charge < -0.3 is 30.9 Å². The minimum absolute atomic E-state index is 0.124. The van der Waals surface area contributed by atoms with Crippen molar-refractivity contribution in [3.8, 4) is 11.5 Å². The molecule has 9 nitrogen and oxygen atoms in total. The second kappa shape index (κ2) is 15.3. The molecule has 0 heterocycles. The standard InChI is InChI=1S/C31H37N3O6/c1-3-21(2)28(30(38)32-24(20-35)18-23-14-16-25(36)17-15-23)34-29(37)27(19-22-10-6-4-7-11-22)33-31(39)40-26-12-8-5-9-13-26/h4-17,21,24,27-28,35-36H,3,18-20H2,1-2H3,(H,32,38)(H,33,39)(H,34,37). The summed E-state index contributed by atoms with van der Waals surface area (Å²) >= 11 is 0. The molecule has 4 unspecified atom stereocenters. The number of para-hydroxylation sites is 1. The number of aromatic hydroxyl groups is 1. The van der Waals surface area contributed by atoms with Crippen molar-refractivity contribution in [1.82, 2.24) is 16.0 Å². The zero-order chi connectivity index (χ0) is 28.9. The van der Waals surface area contributed by atoms with Crippen LogP contribution in [0.2, 0.25) is 0 Å². The number of amides is 3. The van der Waals surface area contributed by atoms with Crippen molar-refractivity contribution in [2.24, 2.45) is 5.92 Å². The van der Waals surface area contributed by atoms with Crippen molar-refractivity contribution in [3.05, 3.63) is 96.1 Å². The van der Waals surface area contributed by atoms with Crippen LogP contribution in [-0.2, 0) is 22.4 Å². The van der Waals surface area contributed by atoms with E-state index in [0.29, 0.717) is 18.6 Å². The van der Waals surface area contributed by atoms with Gasteiger partial charge in [-0.05, 0) is 47.7 Å². The molecule has 0 saturated carbocycles. The van der Waals surface area contributed by atoms with E-state index in [4.69, 9.17) is 4.74 Å². The fraction of sp³-hybridized carbons (Fsp3) is 0.323. The summed E-state index contributed by atoms with van der Waals surface area (Å²) in [5, 5.41) is 27.7. The number of nitrogens with one attached hydrogen (secondary N) is 3. The van der Waals surface area contributed by atoms with Crippen LogP contribution in [0.15, 0.2) is 84.9 Å². The van der Waals surface area contributed by atoms with E-state index in [1.165, 1.54) is 12.1 Å². The van der Waals surface area contributed by atoms with Crippen LogP contribution in [0, 0.1) is 5.92 Å². The molecule has 0 saturated heterocycles. The number of carbonyl (C=O) groups excluding carboxylic acids is 3. The molecule has 0 aliphatic heterocycles. The van der Waals surface area contributed by atoms with Crippen molar-refractivity contribution < 1.29 is 29.3 Å². The third-order valence-corrected chi connectivity index (χ3v) is 6.62. The molecule has 0 aromatic heterocycles. The van der Waals surface area contributed by atoms with Gasteiger partial charge in [-0.3, -0.25) is 9.59 Å². The van der Waals surface area contributed by atoms with Gasteiger partial charge in [0.2, 0.25) is 11.8 Å². The number of ether oxygens (including phenoxy) is 1. The summed E-state index contributed by atoms with van der Waals surface area (Å²) in [6, 6.07) is 21.7. The van der Waals surface area contributed by atoms with Crippen molar-refractivity contribution in [2.75, 3.05) is 6.61 Å².